The Bertz CT molecular complexity index is 738. The normalized spacial score (nSPS) is 21.2. The maximum atomic E-state index is 12.6. The van der Waals surface area contributed by atoms with E-state index in [9.17, 15) is 9.59 Å². The van der Waals surface area contributed by atoms with Crippen LogP contribution in [0.5, 0.6) is 0 Å². The summed E-state index contributed by atoms with van der Waals surface area (Å²) in [4.78, 5) is 26.3. The number of nitrogens with zero attached hydrogens (tertiary/aromatic N) is 2. The number of carbonyl (C=O) groups is 1. The van der Waals surface area contributed by atoms with Crippen LogP contribution in [0.2, 0.25) is 0 Å². The van der Waals surface area contributed by atoms with E-state index in [-0.39, 0.29) is 23.4 Å². The maximum absolute atomic E-state index is 12.6. The van der Waals surface area contributed by atoms with Crippen LogP contribution in [0.1, 0.15) is 25.3 Å². The molecule has 1 aromatic carbocycles. The summed E-state index contributed by atoms with van der Waals surface area (Å²) in [5.41, 5.74) is 1.12. The second kappa shape index (κ2) is 6.41. The fourth-order valence-electron chi connectivity index (χ4n) is 3.37. The summed E-state index contributed by atoms with van der Waals surface area (Å²) in [7, 11) is 0. The number of amides is 1. The summed E-state index contributed by atoms with van der Waals surface area (Å²) in [5, 5.41) is 0. The van der Waals surface area contributed by atoms with Crippen LogP contribution in [-0.2, 0) is 16.8 Å². The molecule has 4 heteroatoms. The van der Waals surface area contributed by atoms with Crippen LogP contribution in [0.15, 0.2) is 59.5 Å². The van der Waals surface area contributed by atoms with Gasteiger partial charge in [-0.25, -0.2) is 0 Å². The predicted octanol–water partition coefficient (Wildman–Crippen LogP) is 2.43. The minimum absolute atomic E-state index is 0.0140. The summed E-state index contributed by atoms with van der Waals surface area (Å²) in [6.07, 6.45) is 3.73. The molecule has 1 aromatic heterocycles. The zero-order valence-electron chi connectivity index (χ0n) is 13.4. The average molecular weight is 310 g/mol. The van der Waals surface area contributed by atoms with Crippen molar-refractivity contribution in [3.8, 4) is 0 Å². The molecule has 23 heavy (non-hydrogen) atoms. The molecule has 0 spiro atoms. The van der Waals surface area contributed by atoms with E-state index in [1.54, 1.807) is 18.3 Å². The van der Waals surface area contributed by atoms with Gasteiger partial charge in [0.1, 0.15) is 6.54 Å². The minimum Gasteiger partial charge on any atom is -0.340 e. The lowest BCUT2D eigenvalue weighted by molar-refractivity contribution is -0.134. The van der Waals surface area contributed by atoms with Crippen LogP contribution in [0.3, 0.4) is 0 Å². The third-order valence-corrected chi connectivity index (χ3v) is 4.72. The van der Waals surface area contributed by atoms with E-state index in [1.165, 1.54) is 16.2 Å². The third-order valence-electron chi connectivity index (χ3n) is 4.72. The summed E-state index contributed by atoms with van der Waals surface area (Å²) in [6.45, 7) is 3.81. The highest BCUT2D eigenvalue weighted by Gasteiger charge is 2.34. The highest BCUT2D eigenvalue weighted by atomic mass is 16.2. The van der Waals surface area contributed by atoms with Gasteiger partial charge >= 0.3 is 0 Å². The topological polar surface area (TPSA) is 42.3 Å². The third kappa shape index (κ3) is 3.36. The fraction of sp³-hybridized carbons (Fsp3) is 0.368. The van der Waals surface area contributed by atoms with Crippen molar-refractivity contribution in [2.45, 2.75) is 31.7 Å². The average Bonchev–Trinajstić information content (AvgIpc) is 2.58. The molecular formula is C19H22N2O2. The van der Waals surface area contributed by atoms with Gasteiger partial charge in [0.25, 0.3) is 5.56 Å². The largest absolute Gasteiger partial charge is 0.340 e. The molecule has 0 bridgehead atoms. The maximum Gasteiger partial charge on any atom is 0.250 e. The Balaban J connectivity index is 1.75. The lowest BCUT2D eigenvalue weighted by Gasteiger charge is -2.41. The zero-order chi connectivity index (χ0) is 16.3. The van der Waals surface area contributed by atoms with Gasteiger partial charge < -0.3 is 9.47 Å². The second-order valence-electron chi connectivity index (χ2n) is 6.51. The van der Waals surface area contributed by atoms with Crippen molar-refractivity contribution in [3.05, 3.63) is 70.6 Å². The zero-order valence-corrected chi connectivity index (χ0v) is 13.4. The highest BCUT2D eigenvalue weighted by molar-refractivity contribution is 5.76. The molecule has 4 nitrogen and oxygen atoms in total. The molecule has 1 amide bonds. The van der Waals surface area contributed by atoms with Crippen LogP contribution >= 0.6 is 0 Å². The number of likely N-dealkylation sites (tertiary alicyclic amines) is 1. The van der Waals surface area contributed by atoms with Crippen molar-refractivity contribution in [1.82, 2.24) is 9.47 Å². The van der Waals surface area contributed by atoms with Crippen molar-refractivity contribution in [3.63, 3.8) is 0 Å². The number of piperidine rings is 1. The molecule has 1 saturated heterocycles. The molecule has 2 heterocycles. The lowest BCUT2D eigenvalue weighted by Crippen LogP contribution is -2.48. The molecular weight excluding hydrogens is 288 g/mol. The number of benzene rings is 1. The van der Waals surface area contributed by atoms with E-state index in [4.69, 9.17) is 0 Å². The lowest BCUT2D eigenvalue weighted by atomic mass is 9.76. The molecule has 0 aliphatic carbocycles. The number of aromatic nitrogens is 1. The molecule has 0 N–H and O–H groups in total. The molecule has 1 atom stereocenters. The first-order valence-electron chi connectivity index (χ1n) is 8.07. The summed E-state index contributed by atoms with van der Waals surface area (Å²) in [5.74, 6) is 0.0140. The number of pyridine rings is 1. The van der Waals surface area contributed by atoms with Crippen LogP contribution < -0.4 is 5.56 Å². The van der Waals surface area contributed by atoms with Crippen molar-refractivity contribution < 1.29 is 4.79 Å². The van der Waals surface area contributed by atoms with E-state index in [0.29, 0.717) is 6.54 Å². The number of hydrogen-bond acceptors (Lipinski definition) is 2. The van der Waals surface area contributed by atoms with Crippen molar-refractivity contribution in [1.29, 1.82) is 0 Å². The Hall–Kier alpha value is -2.36. The van der Waals surface area contributed by atoms with Crippen molar-refractivity contribution in [2.24, 2.45) is 0 Å². The first-order chi connectivity index (χ1) is 11.1. The van der Waals surface area contributed by atoms with Gasteiger partial charge in [0.2, 0.25) is 5.91 Å². The number of carbonyl (C=O) groups excluding carboxylic acids is 1. The van der Waals surface area contributed by atoms with Crippen LogP contribution in [0.4, 0.5) is 0 Å². The van der Waals surface area contributed by atoms with Gasteiger partial charge in [0.15, 0.2) is 0 Å². The van der Waals surface area contributed by atoms with E-state index in [0.717, 1.165) is 19.4 Å². The quantitative estimate of drug-likeness (QED) is 0.874. The molecule has 2 aromatic rings. The van der Waals surface area contributed by atoms with Gasteiger partial charge in [-0.2, -0.15) is 0 Å². The number of hydrogen-bond donors (Lipinski definition) is 0. The minimum atomic E-state index is -0.135. The smallest absolute Gasteiger partial charge is 0.250 e. The standard InChI is InChI=1S/C19H22N2O2/c1-19(16-8-3-2-4-9-16)11-7-13-21(15-19)18(23)14-20-12-6-5-10-17(20)22/h2-6,8-10,12H,7,11,13-15H2,1H3/t19-/m1/s1. The molecule has 3 rings (SSSR count). The summed E-state index contributed by atoms with van der Waals surface area (Å²) in [6, 6.07) is 15.3. The Morgan fingerprint density at radius 1 is 1.13 bits per heavy atom. The Morgan fingerprint density at radius 3 is 2.61 bits per heavy atom. The summed E-state index contributed by atoms with van der Waals surface area (Å²) >= 11 is 0. The molecule has 1 aliphatic heterocycles. The molecule has 1 aliphatic rings. The van der Waals surface area contributed by atoms with Crippen molar-refractivity contribution in [2.75, 3.05) is 13.1 Å². The van der Waals surface area contributed by atoms with Gasteiger partial charge in [0.05, 0.1) is 0 Å². The van der Waals surface area contributed by atoms with E-state index in [1.807, 2.05) is 23.1 Å². The molecule has 1 fully saturated rings. The molecule has 0 radical (unpaired) electrons. The van der Waals surface area contributed by atoms with Crippen LogP contribution in [0, 0.1) is 0 Å². The van der Waals surface area contributed by atoms with E-state index >= 15 is 0 Å². The fourth-order valence-corrected chi connectivity index (χ4v) is 3.37. The molecule has 0 unspecified atom stereocenters. The Morgan fingerprint density at radius 2 is 1.87 bits per heavy atom. The van der Waals surface area contributed by atoms with Crippen LogP contribution in [0.25, 0.3) is 0 Å². The van der Waals surface area contributed by atoms with Gasteiger partial charge in [0, 0.05) is 30.8 Å². The molecule has 0 saturated carbocycles. The van der Waals surface area contributed by atoms with E-state index in [2.05, 4.69) is 19.1 Å². The van der Waals surface area contributed by atoms with Gasteiger partial charge in [-0.1, -0.05) is 43.3 Å². The Labute approximate surface area is 136 Å². The SMILES string of the molecule is C[C@@]1(c2ccccc2)CCCN(C(=O)Cn2ccccc2=O)C1. The van der Waals surface area contributed by atoms with Gasteiger partial charge in [-0.05, 0) is 24.5 Å². The van der Waals surface area contributed by atoms with Crippen LogP contribution in [-0.4, -0.2) is 28.5 Å². The van der Waals surface area contributed by atoms with Gasteiger partial charge in [-0.3, -0.25) is 9.59 Å². The summed E-state index contributed by atoms with van der Waals surface area (Å²) < 4.78 is 1.47. The predicted molar refractivity (Wildman–Crippen MR) is 90.3 cm³/mol. The monoisotopic (exact) mass is 310 g/mol. The second-order valence-corrected chi connectivity index (χ2v) is 6.51. The van der Waals surface area contributed by atoms with Gasteiger partial charge in [-0.15, -0.1) is 0 Å². The van der Waals surface area contributed by atoms with Crippen molar-refractivity contribution >= 4 is 5.91 Å². The molecule has 120 valence electrons. The first-order valence-corrected chi connectivity index (χ1v) is 8.07. The number of rotatable bonds is 3. The first kappa shape index (κ1) is 15.5. The highest BCUT2D eigenvalue weighted by Crippen LogP contribution is 2.33. The Kier molecular flexibility index (Phi) is 4.33. The van der Waals surface area contributed by atoms with E-state index < -0.39 is 0 Å².